The molecule has 1 amide bonds. The topological polar surface area (TPSA) is 55.6 Å². The fourth-order valence-electron chi connectivity index (χ4n) is 1.90. The summed E-state index contributed by atoms with van der Waals surface area (Å²) in [5, 5.41) is 0. The van der Waals surface area contributed by atoms with Crippen LogP contribution in [-0.4, -0.2) is 37.3 Å². The van der Waals surface area contributed by atoms with E-state index in [4.69, 9.17) is 10.5 Å². The lowest BCUT2D eigenvalue weighted by Crippen LogP contribution is -2.39. The highest BCUT2D eigenvalue weighted by atomic mass is 32.2. The summed E-state index contributed by atoms with van der Waals surface area (Å²) in [5.74, 6) is 0.733. The zero-order chi connectivity index (χ0) is 15.3. The molecule has 0 heterocycles. The molecule has 1 rings (SSSR count). The van der Waals surface area contributed by atoms with Crippen LogP contribution >= 0.6 is 11.8 Å². The average molecular weight is 296 g/mol. The van der Waals surface area contributed by atoms with E-state index < -0.39 is 0 Å². The Labute approximate surface area is 125 Å². The van der Waals surface area contributed by atoms with Crippen LogP contribution in [0.5, 0.6) is 5.75 Å². The monoisotopic (exact) mass is 296 g/mol. The molecule has 2 unspecified atom stereocenters. The first-order chi connectivity index (χ1) is 9.40. The van der Waals surface area contributed by atoms with Crippen molar-refractivity contribution in [2.24, 2.45) is 11.7 Å². The summed E-state index contributed by atoms with van der Waals surface area (Å²) in [7, 11) is 3.46. The van der Waals surface area contributed by atoms with Gasteiger partial charge >= 0.3 is 0 Å². The molecular weight excluding hydrogens is 272 g/mol. The number of carbonyl (C=O) groups is 1. The molecule has 0 aromatic heterocycles. The first kappa shape index (κ1) is 16.9. The van der Waals surface area contributed by atoms with E-state index in [2.05, 4.69) is 0 Å². The van der Waals surface area contributed by atoms with Crippen LogP contribution in [-0.2, 0) is 11.3 Å². The van der Waals surface area contributed by atoms with Crippen molar-refractivity contribution in [2.45, 2.75) is 31.3 Å². The van der Waals surface area contributed by atoms with Crippen LogP contribution in [0.1, 0.15) is 19.4 Å². The highest BCUT2D eigenvalue weighted by Crippen LogP contribution is 2.28. The molecule has 0 aliphatic carbocycles. The summed E-state index contributed by atoms with van der Waals surface area (Å²) in [6, 6.07) is 5.88. The molecular formula is C15H24N2O2S. The van der Waals surface area contributed by atoms with Gasteiger partial charge in [0.1, 0.15) is 5.75 Å². The molecule has 0 spiro atoms. The molecule has 5 heteroatoms. The van der Waals surface area contributed by atoms with E-state index in [9.17, 15) is 4.79 Å². The molecule has 20 heavy (non-hydrogen) atoms. The van der Waals surface area contributed by atoms with Crippen molar-refractivity contribution >= 4 is 17.7 Å². The molecule has 0 radical (unpaired) electrons. The number of benzene rings is 1. The van der Waals surface area contributed by atoms with E-state index in [-0.39, 0.29) is 17.9 Å². The summed E-state index contributed by atoms with van der Waals surface area (Å²) < 4.78 is 5.36. The predicted molar refractivity (Wildman–Crippen MR) is 84.1 cm³/mol. The van der Waals surface area contributed by atoms with E-state index in [0.717, 1.165) is 16.2 Å². The van der Waals surface area contributed by atoms with Gasteiger partial charge in [-0.25, -0.2) is 0 Å². The second kappa shape index (κ2) is 7.55. The lowest BCUT2D eigenvalue weighted by molar-refractivity contribution is -0.134. The Morgan fingerprint density at radius 1 is 1.45 bits per heavy atom. The van der Waals surface area contributed by atoms with Crippen LogP contribution in [0.25, 0.3) is 0 Å². The molecule has 0 fully saturated rings. The van der Waals surface area contributed by atoms with E-state index in [1.54, 1.807) is 30.8 Å². The maximum atomic E-state index is 12.2. The largest absolute Gasteiger partial charge is 0.496 e. The van der Waals surface area contributed by atoms with Gasteiger partial charge in [0, 0.05) is 24.5 Å². The zero-order valence-corrected chi connectivity index (χ0v) is 13.7. The maximum absolute atomic E-state index is 12.2. The number of nitrogens with zero attached hydrogens (tertiary/aromatic N) is 1. The highest BCUT2D eigenvalue weighted by molar-refractivity contribution is 7.98. The molecule has 1 aromatic carbocycles. The fourth-order valence-corrected chi connectivity index (χ4v) is 2.45. The third-order valence-corrected chi connectivity index (χ3v) is 4.20. The minimum Gasteiger partial charge on any atom is -0.496 e. The van der Waals surface area contributed by atoms with Crippen molar-refractivity contribution < 1.29 is 9.53 Å². The van der Waals surface area contributed by atoms with Crippen LogP contribution in [0, 0.1) is 5.92 Å². The Bertz CT molecular complexity index is 463. The van der Waals surface area contributed by atoms with Crippen molar-refractivity contribution in [3.63, 3.8) is 0 Å². The van der Waals surface area contributed by atoms with Crippen LogP contribution in [0.4, 0.5) is 0 Å². The fraction of sp³-hybridized carbons (Fsp3) is 0.533. The smallest absolute Gasteiger partial charge is 0.226 e. The molecule has 0 saturated heterocycles. The van der Waals surface area contributed by atoms with Crippen molar-refractivity contribution in [1.29, 1.82) is 0 Å². The van der Waals surface area contributed by atoms with E-state index in [0.29, 0.717) is 6.54 Å². The van der Waals surface area contributed by atoms with Gasteiger partial charge in [-0.2, -0.15) is 0 Å². The molecule has 0 aliphatic heterocycles. The summed E-state index contributed by atoms with van der Waals surface area (Å²) in [6.45, 7) is 4.27. The molecule has 2 N–H and O–H groups in total. The summed E-state index contributed by atoms with van der Waals surface area (Å²) in [4.78, 5) is 15.0. The molecule has 112 valence electrons. The van der Waals surface area contributed by atoms with Crippen LogP contribution in [0.3, 0.4) is 0 Å². The second-order valence-electron chi connectivity index (χ2n) is 5.03. The standard InChI is InChI=1S/C15H24N2O2S/c1-10(11(2)16)15(18)17(3)9-12-6-7-14(20-5)13(8-12)19-4/h6-8,10-11H,9,16H2,1-5H3. The molecule has 2 atom stereocenters. The van der Waals surface area contributed by atoms with E-state index in [1.165, 1.54) is 0 Å². The highest BCUT2D eigenvalue weighted by Gasteiger charge is 2.21. The number of ether oxygens (including phenoxy) is 1. The van der Waals surface area contributed by atoms with E-state index in [1.807, 2.05) is 38.3 Å². The lowest BCUT2D eigenvalue weighted by Gasteiger charge is -2.23. The lowest BCUT2D eigenvalue weighted by atomic mass is 10.0. The molecule has 0 aliphatic rings. The number of amides is 1. The molecule has 1 aromatic rings. The van der Waals surface area contributed by atoms with Gasteiger partial charge < -0.3 is 15.4 Å². The number of thioether (sulfide) groups is 1. The Hall–Kier alpha value is -1.20. The molecule has 0 saturated carbocycles. The molecule has 4 nitrogen and oxygen atoms in total. The Morgan fingerprint density at radius 2 is 2.10 bits per heavy atom. The van der Waals surface area contributed by atoms with Gasteiger partial charge in [-0.05, 0) is 30.9 Å². The third-order valence-electron chi connectivity index (χ3n) is 3.42. The van der Waals surface area contributed by atoms with Crippen molar-refractivity contribution in [2.75, 3.05) is 20.4 Å². The number of methoxy groups -OCH3 is 1. The van der Waals surface area contributed by atoms with Gasteiger partial charge in [0.15, 0.2) is 0 Å². The van der Waals surface area contributed by atoms with Crippen LogP contribution in [0.15, 0.2) is 23.1 Å². The van der Waals surface area contributed by atoms with Crippen LogP contribution in [0.2, 0.25) is 0 Å². The number of nitrogens with two attached hydrogens (primary N) is 1. The first-order valence-electron chi connectivity index (χ1n) is 6.62. The van der Waals surface area contributed by atoms with Crippen molar-refractivity contribution in [1.82, 2.24) is 4.90 Å². The van der Waals surface area contributed by atoms with Gasteiger partial charge in [-0.3, -0.25) is 4.79 Å². The number of hydrogen-bond acceptors (Lipinski definition) is 4. The minimum absolute atomic E-state index is 0.0629. The Balaban J connectivity index is 2.80. The summed E-state index contributed by atoms with van der Waals surface area (Å²) >= 11 is 1.64. The van der Waals surface area contributed by atoms with Gasteiger partial charge in [-0.1, -0.05) is 13.0 Å². The van der Waals surface area contributed by atoms with E-state index >= 15 is 0 Å². The first-order valence-corrected chi connectivity index (χ1v) is 7.84. The normalized spacial score (nSPS) is 13.7. The number of rotatable bonds is 6. The summed E-state index contributed by atoms with van der Waals surface area (Å²) in [5.41, 5.74) is 6.83. The molecule has 0 bridgehead atoms. The van der Waals surface area contributed by atoms with Crippen molar-refractivity contribution in [3.05, 3.63) is 23.8 Å². The Kier molecular flexibility index (Phi) is 6.36. The third kappa shape index (κ3) is 4.15. The second-order valence-corrected chi connectivity index (χ2v) is 5.88. The van der Waals surface area contributed by atoms with Crippen molar-refractivity contribution in [3.8, 4) is 5.75 Å². The Morgan fingerprint density at radius 3 is 2.60 bits per heavy atom. The minimum atomic E-state index is -0.174. The number of hydrogen-bond donors (Lipinski definition) is 1. The SMILES string of the molecule is COc1cc(CN(C)C(=O)C(C)C(C)N)ccc1SC. The zero-order valence-electron chi connectivity index (χ0n) is 12.8. The summed E-state index contributed by atoms with van der Waals surface area (Å²) in [6.07, 6.45) is 2.01. The maximum Gasteiger partial charge on any atom is 0.226 e. The van der Waals surface area contributed by atoms with Gasteiger partial charge in [-0.15, -0.1) is 11.8 Å². The predicted octanol–water partition coefficient (Wildman–Crippen LogP) is 2.36. The average Bonchev–Trinajstić information content (AvgIpc) is 2.45. The quantitative estimate of drug-likeness (QED) is 0.819. The van der Waals surface area contributed by atoms with Crippen LogP contribution < -0.4 is 10.5 Å². The number of carbonyl (C=O) groups excluding carboxylic acids is 1. The van der Waals surface area contributed by atoms with Gasteiger partial charge in [0.05, 0.1) is 13.0 Å². The van der Waals surface area contributed by atoms with Gasteiger partial charge in [0.25, 0.3) is 0 Å². The van der Waals surface area contributed by atoms with Gasteiger partial charge in [0.2, 0.25) is 5.91 Å².